The van der Waals surface area contributed by atoms with Crippen molar-refractivity contribution in [3.8, 4) is 0 Å². The zero-order valence-corrected chi connectivity index (χ0v) is 10.7. The van der Waals surface area contributed by atoms with Crippen LogP contribution in [0.4, 0.5) is 4.79 Å². The summed E-state index contributed by atoms with van der Waals surface area (Å²) in [6.07, 6.45) is -0.184. The predicted molar refractivity (Wildman–Crippen MR) is 67.9 cm³/mol. The zero-order valence-electron chi connectivity index (χ0n) is 10.7. The van der Waals surface area contributed by atoms with E-state index in [4.69, 9.17) is 9.84 Å². The number of aliphatic carboxylic acids is 1. The third-order valence-corrected chi connectivity index (χ3v) is 2.39. The third-order valence-electron chi connectivity index (χ3n) is 2.39. The van der Waals surface area contributed by atoms with Crippen LogP contribution in [0.1, 0.15) is 5.56 Å². The molecule has 0 aliphatic carbocycles. The summed E-state index contributed by atoms with van der Waals surface area (Å²) in [5.41, 5.74) is 1.04. The summed E-state index contributed by atoms with van der Waals surface area (Å²) in [5, 5.41) is 11.0. The lowest BCUT2D eigenvalue weighted by Gasteiger charge is -2.13. The highest BCUT2D eigenvalue weighted by Gasteiger charge is 2.20. The molecule has 0 aromatic heterocycles. The molecule has 6 nitrogen and oxygen atoms in total. The van der Waals surface area contributed by atoms with Crippen molar-refractivity contribution in [1.29, 1.82) is 0 Å². The van der Waals surface area contributed by atoms with E-state index in [0.29, 0.717) is 6.42 Å². The largest absolute Gasteiger partial charge is 0.480 e. The molecule has 0 saturated heterocycles. The number of hydrogen-bond donors (Lipinski definition) is 2. The number of carbonyl (C=O) groups is 2. The molecule has 0 spiro atoms. The molecule has 0 unspecified atom stereocenters. The molecular formula is C13H17NO5. The number of amides is 1. The van der Waals surface area contributed by atoms with Gasteiger partial charge in [-0.25, -0.2) is 9.59 Å². The Balaban J connectivity index is 2.29. The molecule has 104 valence electrons. The van der Waals surface area contributed by atoms with E-state index in [-0.39, 0.29) is 13.2 Å². The van der Waals surface area contributed by atoms with Crippen LogP contribution in [-0.4, -0.2) is 43.5 Å². The van der Waals surface area contributed by atoms with Crippen molar-refractivity contribution in [3.63, 3.8) is 0 Å². The lowest BCUT2D eigenvalue weighted by molar-refractivity contribution is -0.140. The maximum atomic E-state index is 11.4. The molecule has 0 bridgehead atoms. The van der Waals surface area contributed by atoms with Gasteiger partial charge in [-0.15, -0.1) is 0 Å². The second kappa shape index (κ2) is 8.10. The SMILES string of the molecule is COC[C@H](NC(=O)OCCc1ccccc1)C(=O)O. The molecule has 1 rings (SSSR count). The number of carbonyl (C=O) groups excluding carboxylic acids is 1. The van der Waals surface area contributed by atoms with E-state index in [1.165, 1.54) is 7.11 Å². The van der Waals surface area contributed by atoms with Gasteiger partial charge in [-0.3, -0.25) is 0 Å². The molecule has 0 aliphatic heterocycles. The van der Waals surface area contributed by atoms with Crippen molar-refractivity contribution in [2.45, 2.75) is 12.5 Å². The van der Waals surface area contributed by atoms with Gasteiger partial charge < -0.3 is 19.9 Å². The number of alkyl carbamates (subject to hydrolysis) is 1. The van der Waals surface area contributed by atoms with E-state index >= 15 is 0 Å². The molecule has 1 amide bonds. The van der Waals surface area contributed by atoms with Crippen LogP contribution in [0, 0.1) is 0 Å². The summed E-state index contributed by atoms with van der Waals surface area (Å²) in [6, 6.07) is 8.44. The molecule has 0 heterocycles. The molecule has 19 heavy (non-hydrogen) atoms. The molecule has 1 aromatic carbocycles. The topological polar surface area (TPSA) is 84.9 Å². The number of carboxylic acids is 1. The quantitative estimate of drug-likeness (QED) is 0.771. The van der Waals surface area contributed by atoms with E-state index in [0.717, 1.165) is 5.56 Å². The Morgan fingerprint density at radius 3 is 2.58 bits per heavy atom. The molecule has 2 N–H and O–H groups in total. The van der Waals surface area contributed by atoms with Crippen molar-refractivity contribution in [1.82, 2.24) is 5.32 Å². The van der Waals surface area contributed by atoms with Crippen molar-refractivity contribution < 1.29 is 24.2 Å². The first-order valence-corrected chi connectivity index (χ1v) is 5.82. The van der Waals surface area contributed by atoms with Crippen LogP contribution in [0.2, 0.25) is 0 Å². The molecule has 0 saturated carbocycles. The molecule has 0 radical (unpaired) electrons. The maximum absolute atomic E-state index is 11.4. The minimum Gasteiger partial charge on any atom is -0.480 e. The molecule has 6 heteroatoms. The van der Waals surface area contributed by atoms with E-state index in [1.54, 1.807) is 0 Å². The Bertz CT molecular complexity index is 407. The summed E-state index contributed by atoms with van der Waals surface area (Å²) in [7, 11) is 1.36. The summed E-state index contributed by atoms with van der Waals surface area (Å²) >= 11 is 0. The number of ether oxygens (including phenoxy) is 2. The summed E-state index contributed by atoms with van der Waals surface area (Å²) < 4.78 is 9.59. The van der Waals surface area contributed by atoms with Crippen molar-refractivity contribution in [2.24, 2.45) is 0 Å². The average Bonchev–Trinajstić information content (AvgIpc) is 2.39. The molecule has 1 aromatic rings. The van der Waals surface area contributed by atoms with Crippen LogP contribution in [0.15, 0.2) is 30.3 Å². The molecular weight excluding hydrogens is 250 g/mol. The second-order valence-electron chi connectivity index (χ2n) is 3.86. The summed E-state index contributed by atoms with van der Waals surface area (Å²) in [5.74, 6) is -1.16. The van der Waals surface area contributed by atoms with E-state index in [9.17, 15) is 9.59 Å². The average molecular weight is 267 g/mol. The Morgan fingerprint density at radius 1 is 1.32 bits per heavy atom. The standard InChI is InChI=1S/C13H17NO5/c1-18-9-11(12(15)16)14-13(17)19-8-7-10-5-3-2-4-6-10/h2-6,11H,7-9H2,1H3,(H,14,17)(H,15,16)/t11-/m0/s1. The lowest BCUT2D eigenvalue weighted by atomic mass is 10.2. The fourth-order valence-corrected chi connectivity index (χ4v) is 1.43. The highest BCUT2D eigenvalue weighted by molar-refractivity contribution is 5.79. The molecule has 1 atom stereocenters. The number of carboxylic acid groups (broad SMARTS) is 1. The van der Waals surface area contributed by atoms with Crippen LogP contribution in [0.3, 0.4) is 0 Å². The Morgan fingerprint density at radius 2 is 2.00 bits per heavy atom. The van der Waals surface area contributed by atoms with Gasteiger partial charge in [0.25, 0.3) is 0 Å². The fraction of sp³-hybridized carbons (Fsp3) is 0.385. The first kappa shape index (κ1) is 15.0. The zero-order chi connectivity index (χ0) is 14.1. The first-order chi connectivity index (χ1) is 9.13. The Kier molecular flexibility index (Phi) is 6.38. The van der Waals surface area contributed by atoms with Crippen LogP contribution >= 0.6 is 0 Å². The smallest absolute Gasteiger partial charge is 0.407 e. The van der Waals surface area contributed by atoms with Gasteiger partial charge in [-0.1, -0.05) is 30.3 Å². The Labute approximate surface area is 111 Å². The van der Waals surface area contributed by atoms with Gasteiger partial charge in [-0.2, -0.15) is 0 Å². The van der Waals surface area contributed by atoms with Gasteiger partial charge in [-0.05, 0) is 5.56 Å². The number of nitrogens with one attached hydrogen (secondary N) is 1. The second-order valence-corrected chi connectivity index (χ2v) is 3.86. The predicted octanol–water partition coefficient (Wildman–Crippen LogP) is 1.05. The van der Waals surface area contributed by atoms with Gasteiger partial charge in [0, 0.05) is 13.5 Å². The maximum Gasteiger partial charge on any atom is 0.407 e. The van der Waals surface area contributed by atoms with E-state index in [2.05, 4.69) is 10.1 Å². The van der Waals surface area contributed by atoms with Gasteiger partial charge in [0.2, 0.25) is 0 Å². The fourth-order valence-electron chi connectivity index (χ4n) is 1.43. The normalized spacial score (nSPS) is 11.6. The number of rotatable bonds is 7. The van der Waals surface area contributed by atoms with Gasteiger partial charge in [0.05, 0.1) is 13.2 Å². The lowest BCUT2D eigenvalue weighted by Crippen LogP contribution is -2.44. The van der Waals surface area contributed by atoms with Crippen LogP contribution in [0.25, 0.3) is 0 Å². The minimum absolute atomic E-state index is 0.108. The first-order valence-electron chi connectivity index (χ1n) is 5.82. The number of hydrogen-bond acceptors (Lipinski definition) is 4. The van der Waals surface area contributed by atoms with E-state index < -0.39 is 18.1 Å². The third kappa shape index (κ3) is 5.87. The molecule has 0 fully saturated rings. The highest BCUT2D eigenvalue weighted by Crippen LogP contribution is 1.99. The molecule has 0 aliphatic rings. The van der Waals surface area contributed by atoms with E-state index in [1.807, 2.05) is 30.3 Å². The van der Waals surface area contributed by atoms with Gasteiger partial charge in [0.1, 0.15) is 0 Å². The minimum atomic E-state index is -1.16. The highest BCUT2D eigenvalue weighted by atomic mass is 16.5. The number of benzene rings is 1. The Hall–Kier alpha value is -2.08. The van der Waals surface area contributed by atoms with Gasteiger partial charge in [0.15, 0.2) is 6.04 Å². The van der Waals surface area contributed by atoms with Crippen LogP contribution < -0.4 is 5.32 Å². The van der Waals surface area contributed by atoms with Crippen LogP contribution in [0.5, 0.6) is 0 Å². The van der Waals surface area contributed by atoms with Crippen molar-refractivity contribution >= 4 is 12.1 Å². The van der Waals surface area contributed by atoms with Crippen LogP contribution in [-0.2, 0) is 20.7 Å². The van der Waals surface area contributed by atoms with Crippen molar-refractivity contribution in [3.05, 3.63) is 35.9 Å². The summed E-state index contributed by atoms with van der Waals surface area (Å²) in [4.78, 5) is 22.1. The number of methoxy groups -OCH3 is 1. The van der Waals surface area contributed by atoms with Crippen molar-refractivity contribution in [2.75, 3.05) is 20.3 Å². The monoisotopic (exact) mass is 267 g/mol. The summed E-state index contributed by atoms with van der Waals surface area (Å²) in [6.45, 7) is 0.0816. The van der Waals surface area contributed by atoms with Gasteiger partial charge >= 0.3 is 12.1 Å².